The van der Waals surface area contributed by atoms with E-state index in [1.807, 2.05) is 30.3 Å². The van der Waals surface area contributed by atoms with Gasteiger partial charge in [0.25, 0.3) is 0 Å². The fourth-order valence-electron chi connectivity index (χ4n) is 3.39. The van der Waals surface area contributed by atoms with Crippen LogP contribution in [-0.2, 0) is 11.2 Å². The second-order valence-corrected chi connectivity index (χ2v) is 8.24. The number of pyridine rings is 1. The van der Waals surface area contributed by atoms with Crippen LogP contribution in [0.1, 0.15) is 50.2 Å². The molecule has 0 aliphatic carbocycles. The number of carboxylic acids is 1. The van der Waals surface area contributed by atoms with Gasteiger partial charge in [-0.15, -0.1) is 0 Å². The number of aliphatic imine (C=N–C) groups is 1. The molecule has 32 heavy (non-hydrogen) atoms. The van der Waals surface area contributed by atoms with E-state index in [0.717, 1.165) is 53.5 Å². The maximum absolute atomic E-state index is 11.5. The molecule has 0 saturated carbocycles. The quantitative estimate of drug-likeness (QED) is 0.185. The molecule has 0 fully saturated rings. The molecule has 5 N–H and O–H groups in total. The molecular weight excluding hydrogens is 424 g/mol. The van der Waals surface area contributed by atoms with E-state index in [1.165, 1.54) is 6.20 Å². The number of hydrogen-bond donors (Lipinski definition) is 3. The Labute approximate surface area is 194 Å². The van der Waals surface area contributed by atoms with Crippen LogP contribution in [0, 0.1) is 0 Å². The van der Waals surface area contributed by atoms with Crippen molar-refractivity contribution in [2.24, 2.45) is 15.9 Å². The monoisotopic (exact) mass is 456 g/mol. The van der Waals surface area contributed by atoms with E-state index in [4.69, 9.17) is 15.6 Å². The van der Waals surface area contributed by atoms with Crippen LogP contribution in [0.25, 0.3) is 11.1 Å². The Hall–Kier alpha value is -2.84. The first-order chi connectivity index (χ1) is 15.5. The maximum Gasteiger partial charge on any atom is 0.307 e. The van der Waals surface area contributed by atoms with Gasteiger partial charge < -0.3 is 15.6 Å². The molecule has 0 aliphatic heterocycles. The van der Waals surface area contributed by atoms with Crippen LogP contribution >= 0.6 is 11.9 Å². The molecule has 7 nitrogen and oxygen atoms in total. The van der Waals surface area contributed by atoms with Crippen molar-refractivity contribution in [3.05, 3.63) is 59.9 Å². The van der Waals surface area contributed by atoms with Crippen LogP contribution in [-0.4, -0.2) is 34.3 Å². The molecule has 0 amide bonds. The molecule has 0 radical (unpaired) electrons. The van der Waals surface area contributed by atoms with Crippen molar-refractivity contribution in [2.75, 3.05) is 13.2 Å². The van der Waals surface area contributed by atoms with Crippen molar-refractivity contribution in [1.82, 2.24) is 4.98 Å². The zero-order valence-electron chi connectivity index (χ0n) is 18.7. The molecule has 0 unspecified atom stereocenters. The SMILES string of the molecule is CC(C)c1cccc(-c2ccnc(OCCCCCN=C(C=CN)SN)c2)c1CC(=O)O. The van der Waals surface area contributed by atoms with E-state index in [9.17, 15) is 9.90 Å². The minimum atomic E-state index is -0.842. The van der Waals surface area contributed by atoms with Crippen LogP contribution in [0.3, 0.4) is 0 Å². The molecule has 0 saturated heterocycles. The van der Waals surface area contributed by atoms with Gasteiger partial charge in [-0.1, -0.05) is 32.0 Å². The number of ether oxygens (including phenoxy) is 1. The van der Waals surface area contributed by atoms with Crippen molar-refractivity contribution in [2.45, 2.75) is 45.4 Å². The Morgan fingerprint density at radius 3 is 2.78 bits per heavy atom. The Morgan fingerprint density at radius 1 is 1.28 bits per heavy atom. The lowest BCUT2D eigenvalue weighted by Gasteiger charge is -2.17. The van der Waals surface area contributed by atoms with Gasteiger partial charge in [-0.3, -0.25) is 14.9 Å². The maximum atomic E-state index is 11.5. The van der Waals surface area contributed by atoms with Gasteiger partial charge in [0, 0.05) is 18.8 Å². The van der Waals surface area contributed by atoms with Gasteiger partial charge in [0.2, 0.25) is 5.88 Å². The number of aliphatic carboxylic acids is 1. The minimum absolute atomic E-state index is 0.0177. The first kappa shape index (κ1) is 25.4. The zero-order valence-corrected chi connectivity index (χ0v) is 19.5. The number of nitrogens with two attached hydrogens (primary N) is 2. The number of nitrogens with zero attached hydrogens (tertiary/aromatic N) is 2. The molecule has 0 bridgehead atoms. The zero-order chi connectivity index (χ0) is 23.3. The number of carboxylic acid groups (broad SMARTS) is 1. The predicted octanol–water partition coefficient (Wildman–Crippen LogP) is 4.53. The third-order valence-corrected chi connectivity index (χ3v) is 5.39. The molecular formula is C24H32N4O3S. The topological polar surface area (TPSA) is 124 Å². The van der Waals surface area contributed by atoms with Gasteiger partial charge in [-0.05, 0) is 77.7 Å². The molecule has 1 heterocycles. The molecule has 2 rings (SSSR count). The van der Waals surface area contributed by atoms with Crippen molar-refractivity contribution >= 4 is 23.0 Å². The third-order valence-electron chi connectivity index (χ3n) is 4.89. The number of hydrogen-bond acceptors (Lipinski definition) is 7. The molecule has 172 valence electrons. The fourth-order valence-corrected chi connectivity index (χ4v) is 3.71. The summed E-state index contributed by atoms with van der Waals surface area (Å²) in [5, 5.41) is 15.6. The second kappa shape index (κ2) is 13.5. The highest BCUT2D eigenvalue weighted by atomic mass is 32.2. The van der Waals surface area contributed by atoms with Crippen molar-refractivity contribution in [1.29, 1.82) is 0 Å². The average Bonchev–Trinajstić information content (AvgIpc) is 2.77. The number of aromatic nitrogens is 1. The van der Waals surface area contributed by atoms with E-state index in [-0.39, 0.29) is 12.3 Å². The van der Waals surface area contributed by atoms with Crippen LogP contribution in [0.5, 0.6) is 5.88 Å². The van der Waals surface area contributed by atoms with Crippen LogP contribution < -0.4 is 15.6 Å². The smallest absolute Gasteiger partial charge is 0.307 e. The lowest BCUT2D eigenvalue weighted by molar-refractivity contribution is -0.136. The summed E-state index contributed by atoms with van der Waals surface area (Å²) in [5.74, 6) is -0.0749. The minimum Gasteiger partial charge on any atom is -0.481 e. The van der Waals surface area contributed by atoms with E-state index < -0.39 is 5.97 Å². The Bertz CT molecular complexity index is 945. The Morgan fingerprint density at radius 2 is 2.09 bits per heavy atom. The summed E-state index contributed by atoms with van der Waals surface area (Å²) in [6.07, 6.45) is 7.57. The van der Waals surface area contributed by atoms with Gasteiger partial charge >= 0.3 is 5.97 Å². The third kappa shape index (κ3) is 8.01. The molecule has 2 aromatic rings. The summed E-state index contributed by atoms with van der Waals surface area (Å²) in [6, 6.07) is 9.68. The van der Waals surface area contributed by atoms with E-state index >= 15 is 0 Å². The summed E-state index contributed by atoms with van der Waals surface area (Å²) in [4.78, 5) is 20.1. The molecule has 0 atom stereocenters. The van der Waals surface area contributed by atoms with E-state index in [1.54, 1.807) is 12.3 Å². The highest BCUT2D eigenvalue weighted by Crippen LogP contribution is 2.32. The molecule has 8 heteroatoms. The van der Waals surface area contributed by atoms with Crippen molar-refractivity contribution in [3.63, 3.8) is 0 Å². The number of rotatable bonds is 12. The van der Waals surface area contributed by atoms with Crippen LogP contribution in [0.2, 0.25) is 0 Å². The van der Waals surface area contributed by atoms with Gasteiger partial charge in [-0.2, -0.15) is 0 Å². The normalized spacial score (nSPS) is 11.9. The second-order valence-electron chi connectivity index (χ2n) is 7.59. The summed E-state index contributed by atoms with van der Waals surface area (Å²) in [6.45, 7) is 5.38. The largest absolute Gasteiger partial charge is 0.481 e. The number of carbonyl (C=O) groups is 1. The van der Waals surface area contributed by atoms with Crippen LogP contribution in [0.4, 0.5) is 0 Å². The van der Waals surface area contributed by atoms with Gasteiger partial charge in [-0.25, -0.2) is 4.98 Å². The van der Waals surface area contributed by atoms with Gasteiger partial charge in [0.15, 0.2) is 0 Å². The molecule has 1 aromatic heterocycles. The number of unbranched alkanes of at least 4 members (excludes halogenated alkanes) is 2. The lowest BCUT2D eigenvalue weighted by atomic mass is 9.89. The fraction of sp³-hybridized carbons (Fsp3) is 0.375. The molecule has 0 aliphatic rings. The van der Waals surface area contributed by atoms with Gasteiger partial charge in [0.05, 0.1) is 13.0 Å². The average molecular weight is 457 g/mol. The van der Waals surface area contributed by atoms with E-state index in [2.05, 4.69) is 23.8 Å². The van der Waals surface area contributed by atoms with Crippen molar-refractivity contribution < 1.29 is 14.6 Å². The van der Waals surface area contributed by atoms with E-state index in [0.29, 0.717) is 24.1 Å². The van der Waals surface area contributed by atoms with Gasteiger partial charge in [0.1, 0.15) is 5.04 Å². The summed E-state index contributed by atoms with van der Waals surface area (Å²) >= 11 is 1.08. The first-order valence-electron chi connectivity index (χ1n) is 10.7. The summed E-state index contributed by atoms with van der Waals surface area (Å²) in [7, 11) is 0. The summed E-state index contributed by atoms with van der Waals surface area (Å²) < 4.78 is 5.84. The Balaban J connectivity index is 1.98. The summed E-state index contributed by atoms with van der Waals surface area (Å²) in [5.41, 5.74) is 9.05. The van der Waals surface area contributed by atoms with Crippen molar-refractivity contribution in [3.8, 4) is 17.0 Å². The molecule has 0 spiro atoms. The predicted molar refractivity (Wildman–Crippen MR) is 132 cm³/mol. The Kier molecular flexibility index (Phi) is 10.8. The first-order valence-corrected chi connectivity index (χ1v) is 11.6. The standard InChI is InChI=1S/C24H32N4O3S/c1-17(2)19-7-6-8-20(21(19)16-24(29)30)18-10-13-27-22(15-18)31-14-5-3-4-12-28-23(32-26)9-11-25/h6-11,13,15,17H,3-5,12,14,16,25-26H2,1-2H3,(H,29,30). The highest BCUT2D eigenvalue weighted by Gasteiger charge is 2.16. The highest BCUT2D eigenvalue weighted by molar-refractivity contribution is 8.12. The molecule has 1 aromatic carbocycles. The van der Waals surface area contributed by atoms with Crippen LogP contribution in [0.15, 0.2) is 53.8 Å². The number of benzene rings is 1. The lowest BCUT2D eigenvalue weighted by Crippen LogP contribution is -2.07.